The second-order valence-corrected chi connectivity index (χ2v) is 6.90. The maximum atomic E-state index is 12.7. The molecule has 0 saturated carbocycles. The largest absolute Gasteiger partial charge is 0.348 e. The molecule has 0 aliphatic carbocycles. The van der Waals surface area contributed by atoms with Crippen molar-refractivity contribution in [2.45, 2.75) is 46.7 Å². The van der Waals surface area contributed by atoms with Gasteiger partial charge in [0.15, 0.2) is 12.4 Å². The summed E-state index contributed by atoms with van der Waals surface area (Å²) < 4.78 is 4.20. The first-order valence-corrected chi connectivity index (χ1v) is 9.30. The highest BCUT2D eigenvalue weighted by molar-refractivity contribution is 5.96. The Hall–Kier alpha value is -2.68. The molecule has 0 amide bonds. The lowest BCUT2D eigenvalue weighted by Crippen LogP contribution is -2.37. The fraction of sp³-hybridized carbons (Fsp3) is 0.304. The van der Waals surface area contributed by atoms with E-state index in [2.05, 4.69) is 54.8 Å². The van der Waals surface area contributed by atoms with Crippen molar-refractivity contribution in [1.82, 2.24) is 4.57 Å². The molecule has 0 aliphatic heterocycles. The van der Waals surface area contributed by atoms with E-state index in [4.69, 9.17) is 0 Å². The summed E-state index contributed by atoms with van der Waals surface area (Å²) in [6.07, 6.45) is 5.98. The normalized spacial score (nSPS) is 10.9. The topological polar surface area (TPSA) is 25.9 Å². The van der Waals surface area contributed by atoms with Gasteiger partial charge in [0.05, 0.1) is 0 Å². The fourth-order valence-electron chi connectivity index (χ4n) is 3.45. The number of rotatable bonds is 7. The van der Waals surface area contributed by atoms with Gasteiger partial charge in [-0.2, -0.15) is 4.57 Å². The Bertz CT molecular complexity index is 877. The second kappa shape index (κ2) is 8.13. The van der Waals surface area contributed by atoms with E-state index in [0.717, 1.165) is 36.3 Å². The van der Waals surface area contributed by atoms with E-state index in [1.165, 1.54) is 11.1 Å². The van der Waals surface area contributed by atoms with E-state index < -0.39 is 0 Å². The van der Waals surface area contributed by atoms with Crippen molar-refractivity contribution in [3.63, 3.8) is 0 Å². The molecule has 2 aromatic heterocycles. The number of carbonyl (C=O) groups is 1. The zero-order valence-corrected chi connectivity index (χ0v) is 15.9. The van der Waals surface area contributed by atoms with E-state index in [-0.39, 0.29) is 5.78 Å². The third-order valence-electron chi connectivity index (χ3n) is 4.86. The van der Waals surface area contributed by atoms with Gasteiger partial charge in [-0.15, -0.1) is 0 Å². The van der Waals surface area contributed by atoms with Crippen LogP contribution in [-0.2, 0) is 19.5 Å². The number of benzene rings is 1. The van der Waals surface area contributed by atoms with Gasteiger partial charge in [0, 0.05) is 35.6 Å². The average molecular weight is 347 g/mol. The van der Waals surface area contributed by atoms with Crippen LogP contribution in [0.25, 0.3) is 0 Å². The van der Waals surface area contributed by atoms with Crippen LogP contribution in [-0.4, -0.2) is 10.4 Å². The summed E-state index contributed by atoms with van der Waals surface area (Å²) in [6, 6.07) is 16.6. The first-order chi connectivity index (χ1) is 12.6. The molecule has 0 fully saturated rings. The Kier molecular flexibility index (Phi) is 5.67. The summed E-state index contributed by atoms with van der Waals surface area (Å²) in [5, 5.41) is 0. The highest BCUT2D eigenvalue weighted by Crippen LogP contribution is 2.16. The maximum Gasteiger partial charge on any atom is 0.229 e. The summed E-state index contributed by atoms with van der Waals surface area (Å²) in [4.78, 5) is 12.7. The Morgan fingerprint density at radius 3 is 2.31 bits per heavy atom. The van der Waals surface area contributed by atoms with E-state index >= 15 is 0 Å². The third-order valence-corrected chi connectivity index (χ3v) is 4.86. The van der Waals surface area contributed by atoms with E-state index in [1.807, 2.05) is 36.0 Å². The number of hydrogen-bond acceptors (Lipinski definition) is 1. The van der Waals surface area contributed by atoms with E-state index in [1.54, 1.807) is 0 Å². The van der Waals surface area contributed by atoms with Crippen molar-refractivity contribution in [2.75, 3.05) is 0 Å². The van der Waals surface area contributed by atoms with Crippen LogP contribution in [0.4, 0.5) is 0 Å². The number of aromatic nitrogens is 2. The molecule has 0 N–H and O–H groups in total. The van der Waals surface area contributed by atoms with Gasteiger partial charge >= 0.3 is 0 Å². The van der Waals surface area contributed by atoms with Gasteiger partial charge in [0.1, 0.15) is 0 Å². The van der Waals surface area contributed by atoms with Crippen LogP contribution >= 0.6 is 0 Å². The van der Waals surface area contributed by atoms with Crippen LogP contribution in [0.2, 0.25) is 0 Å². The summed E-state index contributed by atoms with van der Waals surface area (Å²) in [7, 11) is 0. The van der Waals surface area contributed by atoms with Gasteiger partial charge in [0.25, 0.3) is 0 Å². The van der Waals surface area contributed by atoms with Crippen molar-refractivity contribution in [1.29, 1.82) is 0 Å². The number of aryl methyl sites for hydroxylation is 1. The lowest BCUT2D eigenvalue weighted by molar-refractivity contribution is -0.683. The lowest BCUT2D eigenvalue weighted by atomic mass is 10.1. The predicted molar refractivity (Wildman–Crippen MR) is 104 cm³/mol. The van der Waals surface area contributed by atoms with Crippen molar-refractivity contribution < 1.29 is 9.36 Å². The Labute approximate surface area is 155 Å². The molecular formula is C23H27N2O+. The molecule has 0 radical (unpaired) electrons. The molecule has 3 heteroatoms. The number of Topliss-reactive ketones (excluding diaryl/α,β-unsaturated/α-hetero) is 1. The number of pyridine rings is 1. The van der Waals surface area contributed by atoms with Crippen LogP contribution in [0.5, 0.6) is 0 Å². The number of nitrogens with zero attached hydrogens (tertiary/aromatic N) is 2. The molecule has 134 valence electrons. The highest BCUT2D eigenvalue weighted by atomic mass is 16.1. The van der Waals surface area contributed by atoms with Crippen LogP contribution in [0.1, 0.15) is 46.2 Å². The molecule has 0 saturated heterocycles. The number of carbonyl (C=O) groups excluding carboxylic acids is 1. The molecule has 0 aliphatic rings. The fourth-order valence-corrected chi connectivity index (χ4v) is 3.45. The van der Waals surface area contributed by atoms with Crippen LogP contribution in [0, 0.1) is 13.8 Å². The first kappa shape index (κ1) is 18.1. The number of hydrogen-bond donors (Lipinski definition) is 0. The van der Waals surface area contributed by atoms with Gasteiger partial charge in [0.2, 0.25) is 12.3 Å². The van der Waals surface area contributed by atoms with Gasteiger partial charge in [-0.3, -0.25) is 4.79 Å². The van der Waals surface area contributed by atoms with Crippen molar-refractivity contribution in [3.05, 3.63) is 89.0 Å². The minimum absolute atomic E-state index is 0.168. The summed E-state index contributed by atoms with van der Waals surface area (Å²) in [5.74, 6) is 0.168. The van der Waals surface area contributed by atoms with Gasteiger partial charge in [-0.05, 0) is 43.9 Å². The molecule has 0 atom stereocenters. The molecule has 3 rings (SSSR count). The minimum atomic E-state index is 0.168. The third kappa shape index (κ3) is 4.10. The maximum absolute atomic E-state index is 12.7. The van der Waals surface area contributed by atoms with Crippen LogP contribution in [0.3, 0.4) is 0 Å². The molecule has 3 nitrogen and oxygen atoms in total. The SMILES string of the molecule is CCCn1c(C)cc(C(=O)C[n+]2ccc(Cc3ccccc3)cc2)c1C. The molecule has 0 bridgehead atoms. The monoisotopic (exact) mass is 347 g/mol. The standard InChI is InChI=1S/C23H27N2O/c1-4-12-25-18(2)15-22(19(25)3)23(26)17-24-13-10-21(11-14-24)16-20-8-6-5-7-9-20/h5-11,13-15H,4,12,16-17H2,1-3H3/q+1. The zero-order chi connectivity index (χ0) is 18.5. The van der Waals surface area contributed by atoms with Gasteiger partial charge in [-0.25, -0.2) is 0 Å². The van der Waals surface area contributed by atoms with E-state index in [0.29, 0.717) is 6.54 Å². The van der Waals surface area contributed by atoms with Crippen molar-refractivity contribution >= 4 is 5.78 Å². The molecule has 3 aromatic rings. The minimum Gasteiger partial charge on any atom is -0.348 e. The predicted octanol–water partition coefficient (Wildman–Crippen LogP) is 4.28. The second-order valence-electron chi connectivity index (χ2n) is 6.90. The van der Waals surface area contributed by atoms with Gasteiger partial charge < -0.3 is 4.57 Å². The molecule has 26 heavy (non-hydrogen) atoms. The lowest BCUT2D eigenvalue weighted by Gasteiger charge is -2.07. The highest BCUT2D eigenvalue weighted by Gasteiger charge is 2.18. The smallest absolute Gasteiger partial charge is 0.229 e. The van der Waals surface area contributed by atoms with Crippen LogP contribution < -0.4 is 4.57 Å². The molecule has 0 unspecified atom stereocenters. The summed E-state index contributed by atoms with van der Waals surface area (Å²) >= 11 is 0. The number of ketones is 1. The Morgan fingerprint density at radius 1 is 1.00 bits per heavy atom. The average Bonchev–Trinajstić information content (AvgIpc) is 2.93. The Morgan fingerprint density at radius 2 is 1.65 bits per heavy atom. The molecule has 0 spiro atoms. The van der Waals surface area contributed by atoms with Crippen molar-refractivity contribution in [3.8, 4) is 0 Å². The zero-order valence-electron chi connectivity index (χ0n) is 15.9. The molecule has 2 heterocycles. The Balaban J connectivity index is 1.69. The summed E-state index contributed by atoms with van der Waals surface area (Å²) in [6.45, 7) is 7.62. The van der Waals surface area contributed by atoms with Gasteiger partial charge in [-0.1, -0.05) is 37.3 Å². The molecule has 1 aromatic carbocycles. The summed E-state index contributed by atoms with van der Waals surface area (Å²) in [5.41, 5.74) is 5.63. The first-order valence-electron chi connectivity index (χ1n) is 9.30. The quantitative estimate of drug-likeness (QED) is 0.463. The van der Waals surface area contributed by atoms with E-state index in [9.17, 15) is 4.79 Å². The van der Waals surface area contributed by atoms with Crippen molar-refractivity contribution in [2.24, 2.45) is 0 Å². The van der Waals surface area contributed by atoms with Crippen LogP contribution in [0.15, 0.2) is 60.9 Å². The molecular weight excluding hydrogens is 320 g/mol.